The number of hydroxylamine groups is 2. The number of nitrogens with zero attached hydrogens (tertiary/aromatic N) is 6. The molecule has 11 nitrogen and oxygen atoms in total. The fourth-order valence-electron chi connectivity index (χ4n) is 4.26. The minimum atomic E-state index is -1.23. The van der Waals surface area contributed by atoms with Gasteiger partial charge >= 0.3 is 6.03 Å². The van der Waals surface area contributed by atoms with Crippen LogP contribution in [0.3, 0.4) is 0 Å². The van der Waals surface area contributed by atoms with Crippen LogP contribution in [0.1, 0.15) is 28.7 Å². The number of alkyl halides is 1. The van der Waals surface area contributed by atoms with Gasteiger partial charge in [0.15, 0.2) is 6.10 Å². The van der Waals surface area contributed by atoms with E-state index in [9.17, 15) is 23.2 Å². The van der Waals surface area contributed by atoms with Crippen LogP contribution in [-0.2, 0) is 29.1 Å². The number of likely N-dealkylation sites (N-methyl/N-ethyl adjacent to an activating group) is 1. The Balaban J connectivity index is 1.55. The van der Waals surface area contributed by atoms with Gasteiger partial charge in [-0.15, -0.1) is 0 Å². The molecule has 4 amide bonds. The lowest BCUT2D eigenvalue weighted by Crippen LogP contribution is -2.44. The monoisotopic (exact) mass is 501 g/mol. The molecule has 0 saturated heterocycles. The number of carbonyl (C=O) groups excluding carboxylic acids is 3. The van der Waals surface area contributed by atoms with Crippen LogP contribution in [0, 0.1) is 12.4 Å². The van der Waals surface area contributed by atoms with Gasteiger partial charge in [0, 0.05) is 38.3 Å². The molecule has 0 fully saturated rings. The Morgan fingerprint density at radius 2 is 2.17 bits per heavy atom. The number of hydrogen-bond donors (Lipinski definition) is 1. The van der Waals surface area contributed by atoms with E-state index in [1.807, 2.05) is 0 Å². The largest absolute Gasteiger partial charge is 0.340 e. The third kappa shape index (κ3) is 4.85. The van der Waals surface area contributed by atoms with Crippen molar-refractivity contribution < 1.29 is 28.0 Å². The molecule has 13 heteroatoms. The number of rotatable bonds is 4. The normalized spacial score (nSPS) is 18.0. The summed E-state index contributed by atoms with van der Waals surface area (Å²) >= 11 is 0. The van der Waals surface area contributed by atoms with Gasteiger partial charge in [0.25, 0.3) is 11.8 Å². The van der Waals surface area contributed by atoms with Crippen molar-refractivity contribution in [2.75, 3.05) is 32.5 Å². The summed E-state index contributed by atoms with van der Waals surface area (Å²) in [5.41, 5.74) is 1.44. The van der Waals surface area contributed by atoms with Crippen LogP contribution in [0.4, 0.5) is 25.0 Å². The van der Waals surface area contributed by atoms with E-state index >= 15 is 0 Å². The van der Waals surface area contributed by atoms with Gasteiger partial charge in [-0.1, -0.05) is 0 Å². The first-order valence-electron chi connectivity index (χ1n) is 11.2. The molecule has 3 heterocycles. The Morgan fingerprint density at radius 1 is 1.42 bits per heavy atom. The highest BCUT2D eigenvalue weighted by molar-refractivity contribution is 5.95. The molecule has 1 aromatic heterocycles. The molecule has 0 spiro atoms. The lowest BCUT2D eigenvalue weighted by Gasteiger charge is -2.27. The highest BCUT2D eigenvalue weighted by atomic mass is 19.1. The van der Waals surface area contributed by atoms with E-state index in [0.29, 0.717) is 24.2 Å². The van der Waals surface area contributed by atoms with E-state index in [1.54, 1.807) is 0 Å². The maximum Gasteiger partial charge on any atom is 0.322 e. The molecular weight excluding hydrogens is 476 g/mol. The van der Waals surface area contributed by atoms with Crippen molar-refractivity contribution in [1.29, 1.82) is 0 Å². The Labute approximate surface area is 206 Å². The Morgan fingerprint density at radius 3 is 2.86 bits per heavy atom. The van der Waals surface area contributed by atoms with Crippen LogP contribution in [0.2, 0.25) is 0 Å². The zero-order valence-electron chi connectivity index (χ0n) is 20.0. The molecule has 190 valence electrons. The highest BCUT2D eigenvalue weighted by Crippen LogP contribution is 2.28. The van der Waals surface area contributed by atoms with Gasteiger partial charge in [0.05, 0.1) is 31.9 Å². The van der Waals surface area contributed by atoms with Crippen LogP contribution < -0.4 is 5.32 Å². The molecule has 36 heavy (non-hydrogen) atoms. The molecule has 2 aliphatic heterocycles. The van der Waals surface area contributed by atoms with E-state index in [0.717, 1.165) is 11.1 Å². The van der Waals surface area contributed by atoms with E-state index in [2.05, 4.69) is 15.3 Å². The lowest BCUT2D eigenvalue weighted by molar-refractivity contribution is -0.176. The predicted octanol–water partition coefficient (Wildman–Crippen LogP) is 2.37. The number of urea groups is 1. The fourth-order valence-corrected chi connectivity index (χ4v) is 4.26. The molecule has 2 aromatic rings. The van der Waals surface area contributed by atoms with Crippen molar-refractivity contribution >= 4 is 29.2 Å². The maximum absolute atomic E-state index is 13.6. The first-order chi connectivity index (χ1) is 17.1. The van der Waals surface area contributed by atoms with Crippen LogP contribution in [0.25, 0.3) is 4.85 Å². The number of anilines is 1. The van der Waals surface area contributed by atoms with E-state index in [4.69, 9.17) is 11.4 Å². The summed E-state index contributed by atoms with van der Waals surface area (Å²) in [6.07, 6.45) is -1.94. The molecule has 2 aliphatic rings. The molecule has 1 N–H and O–H groups in total. The summed E-state index contributed by atoms with van der Waals surface area (Å²) in [5.74, 6) is -1.69. The average Bonchev–Trinajstić information content (AvgIpc) is 3.14. The van der Waals surface area contributed by atoms with E-state index < -0.39 is 35.9 Å². The molecule has 0 radical (unpaired) electrons. The van der Waals surface area contributed by atoms with Gasteiger partial charge in [0.1, 0.15) is 17.7 Å². The minimum Gasteiger partial charge on any atom is -0.340 e. The zero-order chi connectivity index (χ0) is 26.1. The van der Waals surface area contributed by atoms with Gasteiger partial charge in [0.2, 0.25) is 5.69 Å². The van der Waals surface area contributed by atoms with Crippen LogP contribution in [0.5, 0.6) is 0 Å². The van der Waals surface area contributed by atoms with Gasteiger partial charge in [-0.25, -0.2) is 23.5 Å². The SMILES string of the molecule is [C-]#[N+]c1cc(NC(=O)N2CCc3nn4c(c3C2)C(=O)N(C)OC(C(=O)N(C)CC(C)F)C4)ccc1F. The number of amides is 4. The third-order valence-electron chi connectivity index (χ3n) is 6.00. The highest BCUT2D eigenvalue weighted by Gasteiger charge is 2.38. The fraction of sp³-hybridized carbons (Fsp3) is 0.435. The average molecular weight is 501 g/mol. The van der Waals surface area contributed by atoms with Crippen LogP contribution in [0.15, 0.2) is 18.2 Å². The molecule has 4 rings (SSSR count). The Hall–Kier alpha value is -4.05. The quantitative estimate of drug-likeness (QED) is 0.648. The number of benzene rings is 1. The maximum atomic E-state index is 13.6. The minimum absolute atomic E-state index is 0.0522. The summed E-state index contributed by atoms with van der Waals surface area (Å²) < 4.78 is 28.4. The number of halogens is 2. The topological polar surface area (TPSA) is 104 Å². The molecule has 0 saturated carbocycles. The van der Waals surface area contributed by atoms with Crippen molar-refractivity contribution in [3.8, 4) is 0 Å². The Kier molecular flexibility index (Phi) is 6.89. The van der Waals surface area contributed by atoms with Crippen LogP contribution >= 0.6 is 0 Å². The van der Waals surface area contributed by atoms with Crippen molar-refractivity contribution in [1.82, 2.24) is 24.6 Å². The van der Waals surface area contributed by atoms with Crippen molar-refractivity contribution in [2.24, 2.45) is 0 Å². The first kappa shape index (κ1) is 25.1. The number of hydrogen-bond acceptors (Lipinski definition) is 5. The zero-order valence-corrected chi connectivity index (χ0v) is 20.0. The van der Waals surface area contributed by atoms with Gasteiger partial charge in [-0.05, 0) is 25.1 Å². The third-order valence-corrected chi connectivity index (χ3v) is 6.00. The smallest absolute Gasteiger partial charge is 0.322 e. The van der Waals surface area contributed by atoms with Crippen LogP contribution in [-0.4, -0.2) is 81.9 Å². The summed E-state index contributed by atoms with van der Waals surface area (Å²) in [6, 6.07) is 3.22. The number of carbonyl (C=O) groups is 3. The first-order valence-corrected chi connectivity index (χ1v) is 11.2. The van der Waals surface area contributed by atoms with E-state index in [1.165, 1.54) is 47.6 Å². The Bertz CT molecular complexity index is 1260. The summed E-state index contributed by atoms with van der Waals surface area (Å²) in [4.78, 5) is 50.2. The molecule has 0 aliphatic carbocycles. The van der Waals surface area contributed by atoms with Crippen molar-refractivity contribution in [3.63, 3.8) is 0 Å². The van der Waals surface area contributed by atoms with Gasteiger partial charge < -0.3 is 15.1 Å². The van der Waals surface area contributed by atoms with E-state index in [-0.39, 0.29) is 36.7 Å². The van der Waals surface area contributed by atoms with Gasteiger partial charge in [-0.3, -0.25) is 19.1 Å². The summed E-state index contributed by atoms with van der Waals surface area (Å²) in [6.45, 7) is 8.58. The predicted molar refractivity (Wildman–Crippen MR) is 123 cm³/mol. The summed E-state index contributed by atoms with van der Waals surface area (Å²) in [7, 11) is 2.84. The van der Waals surface area contributed by atoms with Gasteiger partial charge in [-0.2, -0.15) is 5.10 Å². The van der Waals surface area contributed by atoms with Crippen molar-refractivity contribution in [3.05, 3.63) is 52.4 Å². The second-order valence-corrected chi connectivity index (χ2v) is 8.73. The number of nitrogens with one attached hydrogen (secondary N) is 1. The lowest BCUT2D eigenvalue weighted by atomic mass is 10.1. The number of fused-ring (bicyclic) bond motifs is 3. The second kappa shape index (κ2) is 9.90. The second-order valence-electron chi connectivity index (χ2n) is 8.73. The summed E-state index contributed by atoms with van der Waals surface area (Å²) in [5, 5.41) is 8.12. The molecule has 1 aromatic carbocycles. The number of aromatic nitrogens is 2. The molecular formula is C23H25F2N7O4. The molecule has 2 unspecified atom stereocenters. The molecule has 0 bridgehead atoms. The van der Waals surface area contributed by atoms with Crippen molar-refractivity contribution in [2.45, 2.75) is 38.7 Å². The standard InChI is InChI=1S/C23H25F2N7O4/c1-13(24)10-29(3)21(33)19-12-32-20(22(34)30(4)36-19)15-11-31(8-7-17(15)28-32)23(35)27-14-5-6-16(25)18(9-14)26-2/h5-6,9,13,19H,7-8,10-12H2,1,3-4H3,(H,27,35). The molecule has 2 atom stereocenters.